The van der Waals surface area contributed by atoms with E-state index in [-0.39, 0.29) is 11.6 Å². The average Bonchev–Trinajstić information content (AvgIpc) is 2.54. The van der Waals surface area contributed by atoms with Gasteiger partial charge in [0.05, 0.1) is 0 Å². The first-order chi connectivity index (χ1) is 12.1. The molecule has 0 saturated heterocycles. The lowest BCUT2D eigenvalue weighted by Crippen LogP contribution is -2.42. The van der Waals surface area contributed by atoms with Gasteiger partial charge in [-0.25, -0.2) is 13.6 Å². The Morgan fingerprint density at radius 1 is 1.12 bits per heavy atom. The zero-order chi connectivity index (χ0) is 19.3. The summed E-state index contributed by atoms with van der Waals surface area (Å²) >= 11 is 0. The maximum absolute atomic E-state index is 13.2. The van der Waals surface area contributed by atoms with Crippen molar-refractivity contribution in [1.29, 1.82) is 0 Å². The van der Waals surface area contributed by atoms with Gasteiger partial charge in [0.25, 0.3) is 5.91 Å². The number of ether oxygens (including phenoxy) is 1. The van der Waals surface area contributed by atoms with E-state index < -0.39 is 29.2 Å². The number of benzene rings is 1. The minimum atomic E-state index is -1.04. The summed E-state index contributed by atoms with van der Waals surface area (Å²) in [6.45, 7) is 5.93. The molecule has 0 aromatic heterocycles. The fourth-order valence-corrected chi connectivity index (χ4v) is 2.96. The summed E-state index contributed by atoms with van der Waals surface area (Å²) in [6, 6.07) is 3.17. The van der Waals surface area contributed by atoms with E-state index >= 15 is 0 Å². The largest absolute Gasteiger partial charge is 0.444 e. The standard InChI is InChI=1S/C19H26F2N2O3/c1-19(2,3)26-18(25)23-14-7-4-12(5-8-14)11-22-17(24)13-6-9-15(20)16(21)10-13/h6,9-10,12,14H,4-5,7-8,11H2,1-3H3,(H,22,24)(H,23,25)/t12-,14+. The smallest absolute Gasteiger partial charge is 0.407 e. The number of nitrogens with one attached hydrogen (secondary N) is 2. The third-order valence-corrected chi connectivity index (χ3v) is 4.30. The van der Waals surface area contributed by atoms with Crippen LogP contribution in [0.1, 0.15) is 56.8 Å². The molecule has 7 heteroatoms. The second-order valence-corrected chi connectivity index (χ2v) is 7.70. The van der Waals surface area contributed by atoms with Gasteiger partial charge >= 0.3 is 6.09 Å². The number of halogens is 2. The Labute approximate surface area is 152 Å². The van der Waals surface area contributed by atoms with Crippen LogP contribution in [0.25, 0.3) is 0 Å². The fraction of sp³-hybridized carbons (Fsp3) is 0.579. The summed E-state index contributed by atoms with van der Waals surface area (Å²) in [5.41, 5.74) is -0.421. The van der Waals surface area contributed by atoms with Crippen molar-refractivity contribution in [3.63, 3.8) is 0 Å². The van der Waals surface area contributed by atoms with Crippen LogP contribution in [0.5, 0.6) is 0 Å². The minimum absolute atomic E-state index is 0.0722. The van der Waals surface area contributed by atoms with Crippen molar-refractivity contribution in [3.8, 4) is 0 Å². The van der Waals surface area contributed by atoms with Gasteiger partial charge in [-0.15, -0.1) is 0 Å². The van der Waals surface area contributed by atoms with Crippen molar-refractivity contribution in [2.24, 2.45) is 5.92 Å². The van der Waals surface area contributed by atoms with Gasteiger partial charge in [0, 0.05) is 18.2 Å². The van der Waals surface area contributed by atoms with Gasteiger partial charge < -0.3 is 15.4 Å². The Bertz CT molecular complexity index is 651. The molecule has 1 aliphatic carbocycles. The first-order valence-corrected chi connectivity index (χ1v) is 8.87. The zero-order valence-electron chi connectivity index (χ0n) is 15.4. The molecule has 1 aromatic carbocycles. The van der Waals surface area contributed by atoms with Gasteiger partial charge in [-0.2, -0.15) is 0 Å². The van der Waals surface area contributed by atoms with E-state index in [9.17, 15) is 18.4 Å². The summed E-state index contributed by atoms with van der Waals surface area (Å²) in [7, 11) is 0. The van der Waals surface area contributed by atoms with E-state index in [1.54, 1.807) is 0 Å². The van der Waals surface area contributed by atoms with E-state index in [1.807, 2.05) is 20.8 Å². The molecule has 5 nitrogen and oxygen atoms in total. The molecule has 1 aromatic rings. The molecular weight excluding hydrogens is 342 g/mol. The molecule has 144 valence electrons. The second-order valence-electron chi connectivity index (χ2n) is 7.70. The number of carbonyl (C=O) groups excluding carboxylic acids is 2. The van der Waals surface area contributed by atoms with Crippen LogP contribution in [0.2, 0.25) is 0 Å². The van der Waals surface area contributed by atoms with Crippen molar-refractivity contribution in [1.82, 2.24) is 10.6 Å². The van der Waals surface area contributed by atoms with Crippen molar-refractivity contribution in [2.45, 2.75) is 58.1 Å². The molecule has 0 heterocycles. The fourth-order valence-electron chi connectivity index (χ4n) is 2.96. The van der Waals surface area contributed by atoms with Crippen molar-refractivity contribution in [3.05, 3.63) is 35.4 Å². The van der Waals surface area contributed by atoms with Crippen LogP contribution in [-0.4, -0.2) is 30.2 Å². The summed E-state index contributed by atoms with van der Waals surface area (Å²) in [4.78, 5) is 23.8. The third kappa shape index (κ3) is 6.28. The quantitative estimate of drug-likeness (QED) is 0.850. The first-order valence-electron chi connectivity index (χ1n) is 8.87. The van der Waals surface area contributed by atoms with E-state index in [4.69, 9.17) is 4.74 Å². The zero-order valence-corrected chi connectivity index (χ0v) is 15.4. The molecule has 1 fully saturated rings. The van der Waals surface area contributed by atoms with Gasteiger partial charge in [-0.3, -0.25) is 4.79 Å². The molecule has 0 bridgehead atoms. The Morgan fingerprint density at radius 3 is 2.35 bits per heavy atom. The highest BCUT2D eigenvalue weighted by Crippen LogP contribution is 2.24. The van der Waals surface area contributed by atoms with Gasteiger partial charge in [-0.05, 0) is 70.6 Å². The summed E-state index contributed by atoms with van der Waals surface area (Å²) in [5.74, 6) is -2.14. The third-order valence-electron chi connectivity index (χ3n) is 4.30. The first kappa shape index (κ1) is 20.1. The van der Waals surface area contributed by atoms with Crippen molar-refractivity contribution in [2.75, 3.05) is 6.54 Å². The maximum Gasteiger partial charge on any atom is 0.407 e. The number of hydrogen-bond acceptors (Lipinski definition) is 3. The van der Waals surface area contributed by atoms with Crippen molar-refractivity contribution < 1.29 is 23.1 Å². The number of rotatable bonds is 4. The molecule has 2 rings (SSSR count). The van der Waals surface area contributed by atoms with Gasteiger partial charge in [0.2, 0.25) is 0 Å². The second kappa shape index (κ2) is 8.47. The molecule has 2 N–H and O–H groups in total. The highest BCUT2D eigenvalue weighted by atomic mass is 19.2. The molecule has 26 heavy (non-hydrogen) atoms. The highest BCUT2D eigenvalue weighted by Gasteiger charge is 2.25. The van der Waals surface area contributed by atoms with Gasteiger partial charge in [0.1, 0.15) is 5.60 Å². The number of hydrogen-bond donors (Lipinski definition) is 2. The van der Waals surface area contributed by atoms with Crippen LogP contribution in [0.15, 0.2) is 18.2 Å². The predicted molar refractivity (Wildman–Crippen MR) is 93.8 cm³/mol. The lowest BCUT2D eigenvalue weighted by Gasteiger charge is -2.30. The molecular formula is C19H26F2N2O3. The number of carbonyl (C=O) groups is 2. The normalized spacial score (nSPS) is 20.3. The average molecular weight is 368 g/mol. The topological polar surface area (TPSA) is 67.4 Å². The number of amides is 2. The lowest BCUT2D eigenvalue weighted by molar-refractivity contribution is 0.0487. The van der Waals surface area contributed by atoms with Gasteiger partial charge in [0.15, 0.2) is 11.6 Å². The van der Waals surface area contributed by atoms with Crippen LogP contribution in [0.4, 0.5) is 13.6 Å². The SMILES string of the molecule is CC(C)(C)OC(=O)N[C@H]1CC[C@@H](CNC(=O)c2ccc(F)c(F)c2)CC1. The van der Waals surface area contributed by atoms with Crippen LogP contribution in [-0.2, 0) is 4.74 Å². The predicted octanol–water partition coefficient (Wildman–Crippen LogP) is 3.78. The van der Waals surface area contributed by atoms with Crippen molar-refractivity contribution >= 4 is 12.0 Å². The molecule has 0 unspecified atom stereocenters. The lowest BCUT2D eigenvalue weighted by atomic mass is 9.86. The van der Waals surface area contributed by atoms with E-state index in [1.165, 1.54) is 6.07 Å². The Kier molecular flexibility index (Phi) is 6.56. The monoisotopic (exact) mass is 368 g/mol. The Hall–Kier alpha value is -2.18. The maximum atomic E-state index is 13.2. The van der Waals surface area contributed by atoms with E-state index in [0.29, 0.717) is 12.5 Å². The molecule has 1 saturated carbocycles. The van der Waals surface area contributed by atoms with Crippen LogP contribution < -0.4 is 10.6 Å². The van der Waals surface area contributed by atoms with Crippen LogP contribution in [0, 0.1) is 17.6 Å². The summed E-state index contributed by atoms with van der Waals surface area (Å²) < 4.78 is 31.3. The van der Waals surface area contributed by atoms with E-state index in [0.717, 1.165) is 37.8 Å². The Morgan fingerprint density at radius 2 is 1.77 bits per heavy atom. The summed E-state index contributed by atoms with van der Waals surface area (Å²) in [6.07, 6.45) is 2.93. The van der Waals surface area contributed by atoms with Crippen LogP contribution in [0.3, 0.4) is 0 Å². The molecule has 1 aliphatic rings. The molecule has 0 radical (unpaired) electrons. The molecule has 0 atom stereocenters. The highest BCUT2D eigenvalue weighted by molar-refractivity contribution is 5.94. The summed E-state index contributed by atoms with van der Waals surface area (Å²) in [5, 5.41) is 5.63. The molecule has 0 spiro atoms. The molecule has 0 aliphatic heterocycles. The van der Waals surface area contributed by atoms with Crippen LogP contribution >= 0.6 is 0 Å². The van der Waals surface area contributed by atoms with Gasteiger partial charge in [-0.1, -0.05) is 0 Å². The molecule has 2 amide bonds. The van der Waals surface area contributed by atoms with E-state index in [2.05, 4.69) is 10.6 Å². The minimum Gasteiger partial charge on any atom is -0.444 e. The Balaban J connectivity index is 1.72. The number of alkyl carbamates (subject to hydrolysis) is 1.